The smallest absolute Gasteiger partial charge is 0.329 e. The quantitative estimate of drug-likeness (QED) is 0.181. The van der Waals surface area contributed by atoms with E-state index in [9.17, 15) is 34.2 Å². The maximum absolute atomic E-state index is 14.5. The Morgan fingerprint density at radius 3 is 2.32 bits per heavy atom. The maximum Gasteiger partial charge on any atom is 0.329 e. The van der Waals surface area contributed by atoms with E-state index < -0.39 is 77.8 Å². The third-order valence-corrected chi connectivity index (χ3v) is 15.2. The summed E-state index contributed by atoms with van der Waals surface area (Å²) in [7, 11) is 4.62. The largest absolute Gasteiger partial charge is 0.460 e. The van der Waals surface area contributed by atoms with E-state index in [4.69, 9.17) is 23.7 Å². The molecule has 69 heavy (non-hydrogen) atoms. The molecule has 2 bridgehead atoms. The number of Topliss-reactive ketones (excluding diaryl/α,β-unsaturated/α-hetero) is 3. The molecule has 2 N–H and O–H groups in total. The Morgan fingerprint density at radius 1 is 0.884 bits per heavy atom. The van der Waals surface area contributed by atoms with Crippen LogP contribution in [0.25, 0.3) is 0 Å². The first-order valence-electron chi connectivity index (χ1n) is 25.0. The fraction of sp³-hybridized carbons (Fsp3) is 0.731. The molecule has 15 atom stereocenters. The van der Waals surface area contributed by atoms with E-state index >= 15 is 0 Å². The van der Waals surface area contributed by atoms with Gasteiger partial charge in [-0.05, 0) is 117 Å². The number of cyclic esters (lactones) is 1. The Bertz CT molecular complexity index is 2020. The molecule has 17 nitrogen and oxygen atoms in total. The minimum absolute atomic E-state index is 0.0170. The molecule has 17 heteroatoms. The molecule has 1 aromatic rings. The van der Waals surface area contributed by atoms with E-state index in [1.165, 1.54) is 12.0 Å². The van der Waals surface area contributed by atoms with Crippen LogP contribution in [0.3, 0.4) is 0 Å². The number of aliphatic hydroxyl groups excluding tert-OH is 1. The van der Waals surface area contributed by atoms with Gasteiger partial charge in [-0.2, -0.15) is 0 Å². The lowest BCUT2D eigenvalue weighted by molar-refractivity contribution is -0.265. The van der Waals surface area contributed by atoms with Crippen molar-refractivity contribution < 1.29 is 57.9 Å². The van der Waals surface area contributed by atoms with Crippen LogP contribution in [-0.4, -0.2) is 141 Å². The molecule has 5 rings (SSSR count). The number of hydrogen-bond acceptors (Lipinski definition) is 15. The summed E-state index contributed by atoms with van der Waals surface area (Å²) in [5, 5.41) is 35.2. The van der Waals surface area contributed by atoms with Gasteiger partial charge in [0.15, 0.2) is 5.78 Å². The Balaban J connectivity index is 1.46. The SMILES string of the molecule is CO[C@H]1C[C@@H]2CC[C@@H](C)[C@@](O)(O2)C(=O)C(=O)N2CCCC[C@H]2C(=O)O[C@H]([C@H](C)CC2CC[C@H](n3cnnn3)[C@H](OC)C2)CC(=O)[C@H](C)/C=C(\C)[C@@H](O)[C@@H](OC)C(=O)[C@H](C)C[C@H](C)/C=C/C=C/C=C/1C. The zero-order chi connectivity index (χ0) is 50.6. The van der Waals surface area contributed by atoms with Crippen LogP contribution in [0.15, 0.2) is 53.9 Å². The summed E-state index contributed by atoms with van der Waals surface area (Å²) in [5.74, 6) is -7.92. The number of carbonyl (C=O) groups excluding carboxylic acids is 5. The minimum Gasteiger partial charge on any atom is -0.460 e. The molecule has 1 aromatic heterocycles. The molecule has 4 heterocycles. The summed E-state index contributed by atoms with van der Waals surface area (Å²) in [6.45, 7) is 12.8. The monoisotopic (exact) mass is 966 g/mol. The first kappa shape index (κ1) is 55.7. The van der Waals surface area contributed by atoms with Crippen molar-refractivity contribution in [3.05, 3.63) is 53.9 Å². The van der Waals surface area contributed by atoms with Gasteiger partial charge in [-0.3, -0.25) is 19.2 Å². The molecule has 3 aliphatic heterocycles. The fourth-order valence-electron chi connectivity index (χ4n) is 10.7. The average molecular weight is 966 g/mol. The van der Waals surface area contributed by atoms with Gasteiger partial charge in [-0.1, -0.05) is 71.1 Å². The Hall–Kier alpha value is -4.26. The number of ether oxygens (including phenoxy) is 5. The summed E-state index contributed by atoms with van der Waals surface area (Å²) in [6.07, 6.45) is 13.9. The second-order valence-electron chi connectivity index (χ2n) is 20.4. The van der Waals surface area contributed by atoms with E-state index in [0.29, 0.717) is 56.9 Å². The van der Waals surface area contributed by atoms with E-state index in [2.05, 4.69) is 15.5 Å². The third-order valence-electron chi connectivity index (χ3n) is 15.2. The first-order chi connectivity index (χ1) is 32.8. The molecule has 3 fully saturated rings. The van der Waals surface area contributed by atoms with Crippen LogP contribution in [0.5, 0.6) is 0 Å². The second kappa shape index (κ2) is 25.7. The lowest BCUT2D eigenvalue weighted by Crippen LogP contribution is -2.61. The number of fused-ring (bicyclic) bond motifs is 3. The molecular weight excluding hydrogens is 887 g/mol. The molecule has 1 amide bonds. The highest BCUT2D eigenvalue weighted by atomic mass is 16.6. The molecule has 384 valence electrons. The topological polar surface area (TPSA) is 219 Å². The standard InChI is InChI=1S/C52H79N5O12/c1-31-16-12-11-13-17-32(2)43(65-8)28-39-21-19-37(7)52(64,69-39)49(61)50(62)56-23-15-14-18-41(56)51(63)68-44(34(4)26-38-20-22-40(45(27-38)66-9)57-30-53-54-55-57)29-42(58)33(3)25-36(6)47(60)48(67-10)46(59)35(5)24-31/h11-13,16-17,25,30-31,33-35,37-41,43-45,47-48,60,64H,14-15,18-24,26-29H2,1-10H3/b13-11+,16-12+,32-17+,36-25+/t31-,33-,34-,35-,37-,38?,39+,40+,41+,43+,44+,45-,47-,48+,52-/m1/s1. The van der Waals surface area contributed by atoms with Crippen molar-refractivity contribution in [1.29, 1.82) is 0 Å². The van der Waals surface area contributed by atoms with Gasteiger partial charge < -0.3 is 38.8 Å². The van der Waals surface area contributed by atoms with Gasteiger partial charge in [0.05, 0.1) is 24.4 Å². The van der Waals surface area contributed by atoms with E-state index in [0.717, 1.165) is 18.4 Å². The van der Waals surface area contributed by atoms with Crippen LogP contribution in [-0.2, 0) is 47.7 Å². The number of rotatable bonds is 7. The van der Waals surface area contributed by atoms with Crippen molar-refractivity contribution in [3.63, 3.8) is 0 Å². The number of aliphatic hydroxyl groups is 2. The summed E-state index contributed by atoms with van der Waals surface area (Å²) in [6, 6.07) is -1.19. The Kier molecular flexibility index (Phi) is 20.8. The van der Waals surface area contributed by atoms with Crippen molar-refractivity contribution in [2.24, 2.45) is 35.5 Å². The zero-order valence-electron chi connectivity index (χ0n) is 42.5. The number of tetrazole rings is 1. The Morgan fingerprint density at radius 2 is 1.64 bits per heavy atom. The lowest BCUT2D eigenvalue weighted by atomic mass is 9.77. The Labute approximate surface area is 408 Å². The molecule has 1 aliphatic carbocycles. The predicted molar refractivity (Wildman–Crippen MR) is 256 cm³/mol. The molecule has 2 saturated heterocycles. The van der Waals surface area contributed by atoms with Gasteiger partial charge in [0, 0.05) is 58.5 Å². The normalized spacial score (nSPS) is 38.8. The number of esters is 1. The zero-order valence-corrected chi connectivity index (χ0v) is 42.5. The van der Waals surface area contributed by atoms with Crippen molar-refractivity contribution in [1.82, 2.24) is 25.1 Å². The summed E-state index contributed by atoms with van der Waals surface area (Å²) in [5.41, 5.74) is 1.27. The molecule has 1 saturated carbocycles. The number of carbonyl (C=O) groups is 5. The molecule has 0 aromatic carbocycles. The molecular formula is C52H79N5O12. The van der Waals surface area contributed by atoms with Gasteiger partial charge in [0.2, 0.25) is 5.79 Å². The molecule has 4 aliphatic rings. The van der Waals surface area contributed by atoms with Crippen LogP contribution in [0.2, 0.25) is 0 Å². The lowest BCUT2D eigenvalue weighted by Gasteiger charge is -2.42. The highest BCUT2D eigenvalue weighted by molar-refractivity contribution is 6.39. The highest BCUT2D eigenvalue weighted by Crippen LogP contribution is 2.39. The number of amides is 1. The summed E-state index contributed by atoms with van der Waals surface area (Å²) >= 11 is 0. The predicted octanol–water partition coefficient (Wildman–Crippen LogP) is 6.05. The van der Waals surface area contributed by atoms with Gasteiger partial charge >= 0.3 is 5.97 Å². The minimum atomic E-state index is -2.43. The molecule has 0 radical (unpaired) electrons. The van der Waals surface area contributed by atoms with Gasteiger partial charge in [0.25, 0.3) is 11.7 Å². The third kappa shape index (κ3) is 14.2. The van der Waals surface area contributed by atoms with Crippen LogP contribution < -0.4 is 0 Å². The number of allylic oxidation sites excluding steroid dienone is 6. The van der Waals surface area contributed by atoms with Crippen molar-refractivity contribution in [2.45, 2.75) is 180 Å². The molecule has 1 unspecified atom stereocenters. The van der Waals surface area contributed by atoms with Gasteiger partial charge in [-0.25, -0.2) is 9.48 Å². The number of aromatic nitrogens is 4. The molecule has 0 spiro atoms. The van der Waals surface area contributed by atoms with Crippen LogP contribution in [0.1, 0.15) is 132 Å². The van der Waals surface area contributed by atoms with Gasteiger partial charge in [-0.15, -0.1) is 5.10 Å². The van der Waals surface area contributed by atoms with E-state index in [1.807, 2.05) is 58.1 Å². The van der Waals surface area contributed by atoms with Crippen molar-refractivity contribution >= 4 is 29.2 Å². The maximum atomic E-state index is 14.5. The van der Waals surface area contributed by atoms with E-state index in [1.54, 1.807) is 52.1 Å². The van der Waals surface area contributed by atoms with Crippen molar-refractivity contribution in [3.8, 4) is 0 Å². The first-order valence-corrected chi connectivity index (χ1v) is 25.0. The average Bonchev–Trinajstić information content (AvgIpc) is 3.88. The van der Waals surface area contributed by atoms with Crippen LogP contribution in [0, 0.1) is 35.5 Å². The number of methoxy groups -OCH3 is 3. The van der Waals surface area contributed by atoms with Crippen molar-refractivity contribution in [2.75, 3.05) is 27.9 Å². The number of hydrogen-bond donors (Lipinski definition) is 2. The highest BCUT2D eigenvalue weighted by Gasteiger charge is 2.53. The number of ketones is 3. The number of piperidine rings is 1. The summed E-state index contributed by atoms with van der Waals surface area (Å²) < 4.78 is 31.6. The second-order valence-corrected chi connectivity index (χ2v) is 20.4. The van der Waals surface area contributed by atoms with E-state index in [-0.39, 0.29) is 60.9 Å². The summed E-state index contributed by atoms with van der Waals surface area (Å²) in [4.78, 5) is 72.3. The van der Waals surface area contributed by atoms with Gasteiger partial charge in [0.1, 0.15) is 36.5 Å². The van der Waals surface area contributed by atoms with Crippen LogP contribution >= 0.6 is 0 Å². The number of nitrogens with zero attached hydrogens (tertiary/aromatic N) is 5. The van der Waals surface area contributed by atoms with Crippen LogP contribution in [0.4, 0.5) is 0 Å². The fourth-order valence-corrected chi connectivity index (χ4v) is 10.7.